The molecule has 7 heteroatoms. The number of hydrogen-bond donors (Lipinski definition) is 0. The van der Waals surface area contributed by atoms with E-state index in [1.54, 1.807) is 25.3 Å². The number of carbonyl (C=O) groups is 1. The number of nitrogens with zero attached hydrogens (tertiary/aromatic N) is 3. The number of aliphatic imine (C=N–C) groups is 1. The molecule has 0 aliphatic rings. The summed E-state index contributed by atoms with van der Waals surface area (Å²) in [4.78, 5) is 19.3. The van der Waals surface area contributed by atoms with Gasteiger partial charge >= 0.3 is 22.4 Å². The molecule has 0 radical (unpaired) electrons. The molecule has 19 heavy (non-hydrogen) atoms. The molecule has 1 aromatic rings. The Hall–Kier alpha value is -1.59. The van der Waals surface area contributed by atoms with Crippen LogP contribution in [0.4, 0.5) is 0 Å². The number of hydrogen-bond acceptors (Lipinski definition) is 4. The average Bonchev–Trinajstić information content (AvgIpc) is 2.90. The zero-order valence-corrected chi connectivity index (χ0v) is 12.5. The second-order valence-electron chi connectivity index (χ2n) is 3.49. The maximum absolute atomic E-state index is 11.4. The van der Waals surface area contributed by atoms with Crippen molar-refractivity contribution in [3.63, 3.8) is 0 Å². The van der Waals surface area contributed by atoms with Crippen molar-refractivity contribution in [3.05, 3.63) is 41.2 Å². The van der Waals surface area contributed by atoms with Gasteiger partial charge in [-0.25, -0.2) is 0 Å². The van der Waals surface area contributed by atoms with Gasteiger partial charge in [-0.05, 0) is 6.92 Å². The van der Waals surface area contributed by atoms with E-state index in [1.165, 1.54) is 13.0 Å². The Morgan fingerprint density at radius 2 is 2.21 bits per heavy atom. The van der Waals surface area contributed by atoms with Gasteiger partial charge in [0.25, 0.3) is 0 Å². The van der Waals surface area contributed by atoms with Gasteiger partial charge in [0.2, 0.25) is 0 Å². The fourth-order valence-corrected chi connectivity index (χ4v) is 1.23. The molecular formula is C12H14N3O3Tc-3. The summed E-state index contributed by atoms with van der Waals surface area (Å²) in [6.07, 6.45) is 2.99. The van der Waals surface area contributed by atoms with Crippen LogP contribution < -0.4 is 10.1 Å². The van der Waals surface area contributed by atoms with Crippen LogP contribution in [0.2, 0.25) is 0 Å². The Morgan fingerprint density at radius 1 is 1.53 bits per heavy atom. The van der Waals surface area contributed by atoms with Crippen LogP contribution in [0.15, 0.2) is 35.2 Å². The van der Waals surface area contributed by atoms with Crippen molar-refractivity contribution < 1.29 is 32.3 Å². The minimum absolute atomic E-state index is 0.0414. The fraction of sp³-hybridized carbons (Fsp3) is 0.333. The summed E-state index contributed by atoms with van der Waals surface area (Å²) in [6, 6.07) is 3.30. The monoisotopic (exact) mass is 347 g/mol. The molecule has 105 valence electrons. The Labute approximate surface area is 122 Å². The van der Waals surface area contributed by atoms with Gasteiger partial charge in [0.15, 0.2) is 0 Å². The number of carbonyl (C=O) groups excluding carboxylic acids is 1. The zero-order chi connectivity index (χ0) is 14.7. The van der Waals surface area contributed by atoms with Crippen LogP contribution >= 0.6 is 0 Å². The topological polar surface area (TPSA) is 97.8 Å². The number of allylic oxidation sites excluding steroid dienone is 2. The number of amides is 1. The van der Waals surface area contributed by atoms with Crippen LogP contribution in [-0.2, 0) is 22.4 Å². The number of aromatic nitrogens is 1. The molecule has 0 aliphatic heterocycles. The van der Waals surface area contributed by atoms with Crippen LogP contribution in [0.3, 0.4) is 0 Å². The zero-order valence-electron chi connectivity index (χ0n) is 10.7. The van der Waals surface area contributed by atoms with Gasteiger partial charge in [-0.2, -0.15) is 6.20 Å². The Kier molecular flexibility index (Phi) is 9.48. The summed E-state index contributed by atoms with van der Waals surface area (Å²) < 4.78 is 8.22. The van der Waals surface area contributed by atoms with Gasteiger partial charge < -0.3 is 20.2 Å². The molecule has 0 saturated heterocycles. The van der Waals surface area contributed by atoms with Crippen molar-refractivity contribution in [2.24, 2.45) is 4.99 Å². The van der Waals surface area contributed by atoms with Crippen molar-refractivity contribution >= 4 is 11.6 Å². The first kappa shape index (κ1) is 17.4. The molecule has 0 fully saturated rings. The van der Waals surface area contributed by atoms with Crippen LogP contribution in [0.5, 0.6) is 0 Å². The van der Waals surface area contributed by atoms with Crippen LogP contribution in [0.25, 0.3) is 5.32 Å². The maximum atomic E-state index is 11.4. The van der Waals surface area contributed by atoms with Crippen molar-refractivity contribution in [2.75, 3.05) is 13.1 Å². The molecule has 6 nitrogen and oxygen atoms in total. The van der Waals surface area contributed by atoms with Crippen LogP contribution in [0, 0.1) is 0 Å². The van der Waals surface area contributed by atoms with E-state index in [0.717, 1.165) is 18.9 Å². The molecular weight excluding hydrogens is 333 g/mol. The predicted octanol–water partition coefficient (Wildman–Crippen LogP) is 0.761. The first-order valence-corrected chi connectivity index (χ1v) is 6.17. The Balaban J connectivity index is 0.00000154. The Morgan fingerprint density at radius 3 is 2.74 bits per heavy atom. The summed E-state index contributed by atoms with van der Waals surface area (Å²) in [5.74, 6) is -0.376. The average molecular weight is 347 g/mol. The van der Waals surface area contributed by atoms with Crippen molar-refractivity contribution in [3.8, 4) is 0 Å². The van der Waals surface area contributed by atoms with Gasteiger partial charge in [-0.1, -0.05) is 25.1 Å². The summed E-state index contributed by atoms with van der Waals surface area (Å²) in [6.45, 7) is 3.90. The van der Waals surface area contributed by atoms with Crippen LogP contribution in [-0.4, -0.2) is 24.7 Å². The molecule has 1 heterocycles. The first-order chi connectivity index (χ1) is 9.09. The van der Waals surface area contributed by atoms with Gasteiger partial charge in [0.1, 0.15) is 0 Å². The third kappa shape index (κ3) is 8.18. The van der Waals surface area contributed by atoms with Gasteiger partial charge in [-0.3, -0.25) is 4.99 Å². The predicted molar refractivity (Wildman–Crippen MR) is 64.7 cm³/mol. The van der Waals surface area contributed by atoms with Gasteiger partial charge in [-0.15, -0.1) is 18.0 Å². The molecule has 0 aliphatic carbocycles. The quantitative estimate of drug-likeness (QED) is 0.446. The molecule has 0 bridgehead atoms. The van der Waals surface area contributed by atoms with E-state index in [-0.39, 0.29) is 11.7 Å². The Bertz CT molecular complexity index is 437. The normalized spacial score (nSPS) is 11.5. The van der Waals surface area contributed by atoms with E-state index in [1.807, 2.05) is 0 Å². The van der Waals surface area contributed by atoms with E-state index in [9.17, 15) is 9.90 Å². The molecule has 0 saturated carbocycles. The van der Waals surface area contributed by atoms with Crippen molar-refractivity contribution in [1.82, 2.24) is 4.98 Å². The first-order valence-electron chi connectivity index (χ1n) is 5.41. The molecule has 1 aromatic heterocycles. The van der Waals surface area contributed by atoms with Crippen molar-refractivity contribution in [2.45, 2.75) is 13.8 Å². The van der Waals surface area contributed by atoms with Gasteiger partial charge in [0, 0.05) is 12.3 Å². The van der Waals surface area contributed by atoms with Gasteiger partial charge in [0.05, 0.1) is 5.91 Å². The number of rotatable bonds is 5. The van der Waals surface area contributed by atoms with E-state index in [0.29, 0.717) is 24.5 Å². The summed E-state index contributed by atoms with van der Waals surface area (Å²) in [7, 11) is 0. The fourth-order valence-electron chi connectivity index (χ4n) is 1.23. The van der Waals surface area contributed by atoms with E-state index >= 15 is 0 Å². The summed E-state index contributed by atoms with van der Waals surface area (Å²) in [5.41, 5.74) is 0.993. The molecule has 0 N–H and O–H groups in total. The standard InChI is InChI=1S/C12H16N3O2.O.Tc/c1-9(8-10(2)16)13-6-7-15-12(17)11-4-3-5-14-11;;/h3-5,8H,6-7H2,1-2H3,(H2-,13,14,15,16,17);;/q-1;;/p-2/i;;1+1. The second kappa shape index (κ2) is 10.3. The van der Waals surface area contributed by atoms with Crippen LogP contribution in [0.1, 0.15) is 24.3 Å². The molecule has 1 rings (SSSR count). The van der Waals surface area contributed by atoms with E-state index in [2.05, 4.69) is 15.3 Å². The van der Waals surface area contributed by atoms with E-state index < -0.39 is 0 Å². The second-order valence-corrected chi connectivity index (χ2v) is 3.49. The molecule has 0 unspecified atom stereocenters. The molecule has 1 amide bonds. The molecule has 0 aromatic carbocycles. The third-order valence-corrected chi connectivity index (χ3v) is 1.90. The third-order valence-electron chi connectivity index (χ3n) is 1.90. The SMILES string of the molecule is CC(/C=C(/C)[O-])=NCC[N-]C(=O)c1ccc[n-]1.[O]=[99Tc]. The van der Waals surface area contributed by atoms with E-state index in [4.69, 9.17) is 3.50 Å². The molecule has 0 atom stereocenters. The summed E-state index contributed by atoms with van der Waals surface area (Å²) >= 11 is 0.900. The minimum atomic E-state index is -0.335. The summed E-state index contributed by atoms with van der Waals surface area (Å²) in [5, 5.41) is 14.5. The molecule has 0 spiro atoms. The van der Waals surface area contributed by atoms with Crippen molar-refractivity contribution in [1.29, 1.82) is 0 Å².